The second-order valence-corrected chi connectivity index (χ2v) is 3.90. The fourth-order valence-electron chi connectivity index (χ4n) is 1.41. The van der Waals surface area contributed by atoms with Gasteiger partial charge in [0.2, 0.25) is 5.89 Å². The molecule has 2 rings (SSSR count). The Bertz CT molecular complexity index is 477. The van der Waals surface area contributed by atoms with Crippen molar-refractivity contribution in [2.45, 2.75) is 6.42 Å². The molecule has 5 nitrogen and oxygen atoms in total. The highest BCUT2D eigenvalue weighted by atomic mass is 16.5. The Morgan fingerprint density at radius 2 is 1.88 bits per heavy atom. The molecule has 1 aromatic heterocycles. The lowest BCUT2D eigenvalue weighted by Crippen LogP contribution is -2.08. The number of hydrogen-bond acceptors (Lipinski definition) is 5. The van der Waals surface area contributed by atoms with E-state index in [1.807, 2.05) is 38.4 Å². The van der Waals surface area contributed by atoms with Crippen molar-refractivity contribution < 1.29 is 9.15 Å². The van der Waals surface area contributed by atoms with Gasteiger partial charge < -0.3 is 14.1 Å². The van der Waals surface area contributed by atoms with Crippen molar-refractivity contribution in [3.63, 3.8) is 0 Å². The lowest BCUT2D eigenvalue weighted by atomic mass is 10.1. The number of methoxy groups -OCH3 is 1. The molecule has 90 valence electrons. The van der Waals surface area contributed by atoms with Crippen LogP contribution < -0.4 is 9.64 Å². The maximum Gasteiger partial charge on any atom is 0.317 e. The van der Waals surface area contributed by atoms with Crippen LogP contribution in [0.5, 0.6) is 5.75 Å². The third-order valence-electron chi connectivity index (χ3n) is 2.35. The van der Waals surface area contributed by atoms with E-state index in [1.165, 1.54) is 0 Å². The van der Waals surface area contributed by atoms with Crippen molar-refractivity contribution in [1.82, 2.24) is 10.2 Å². The second-order valence-electron chi connectivity index (χ2n) is 3.90. The van der Waals surface area contributed by atoms with E-state index in [-0.39, 0.29) is 0 Å². The van der Waals surface area contributed by atoms with Crippen LogP contribution in [0.15, 0.2) is 28.7 Å². The van der Waals surface area contributed by atoms with Gasteiger partial charge in [-0.1, -0.05) is 17.2 Å². The van der Waals surface area contributed by atoms with Crippen LogP contribution in [0.25, 0.3) is 0 Å². The summed E-state index contributed by atoms with van der Waals surface area (Å²) in [6.07, 6.45) is 0.630. The molecule has 0 aliphatic carbocycles. The Morgan fingerprint density at radius 3 is 2.41 bits per heavy atom. The van der Waals surface area contributed by atoms with Gasteiger partial charge in [-0.25, -0.2) is 0 Å². The van der Waals surface area contributed by atoms with Crippen LogP contribution in [-0.4, -0.2) is 31.4 Å². The molecule has 0 amide bonds. The molecule has 0 fully saturated rings. The first kappa shape index (κ1) is 11.4. The van der Waals surface area contributed by atoms with E-state index < -0.39 is 0 Å². The zero-order valence-electron chi connectivity index (χ0n) is 10.2. The number of nitrogens with zero attached hydrogens (tertiary/aromatic N) is 3. The molecule has 0 N–H and O–H groups in total. The van der Waals surface area contributed by atoms with E-state index in [2.05, 4.69) is 10.2 Å². The minimum atomic E-state index is 0.522. The summed E-state index contributed by atoms with van der Waals surface area (Å²) in [5.74, 6) is 1.45. The average molecular weight is 233 g/mol. The zero-order chi connectivity index (χ0) is 12.3. The van der Waals surface area contributed by atoms with Crippen LogP contribution in [0.2, 0.25) is 0 Å². The molecule has 0 unspecified atom stereocenters. The molecule has 2 aromatic rings. The van der Waals surface area contributed by atoms with Crippen molar-refractivity contribution in [1.29, 1.82) is 0 Å². The first-order chi connectivity index (χ1) is 8.19. The predicted octanol–water partition coefficient (Wildman–Crippen LogP) is 1.74. The molecule has 1 heterocycles. The summed E-state index contributed by atoms with van der Waals surface area (Å²) < 4.78 is 10.6. The van der Waals surface area contributed by atoms with Crippen molar-refractivity contribution in [2.75, 3.05) is 26.1 Å². The first-order valence-corrected chi connectivity index (χ1v) is 5.31. The predicted molar refractivity (Wildman–Crippen MR) is 64.4 cm³/mol. The molecule has 0 aliphatic rings. The minimum Gasteiger partial charge on any atom is -0.497 e. The maximum absolute atomic E-state index is 5.48. The monoisotopic (exact) mass is 233 g/mol. The van der Waals surface area contributed by atoms with Crippen molar-refractivity contribution in [2.24, 2.45) is 0 Å². The summed E-state index contributed by atoms with van der Waals surface area (Å²) in [5, 5.41) is 7.92. The molecular weight excluding hydrogens is 218 g/mol. The molecule has 0 bridgehead atoms. The van der Waals surface area contributed by atoms with Crippen LogP contribution >= 0.6 is 0 Å². The fraction of sp³-hybridized carbons (Fsp3) is 0.333. The fourth-order valence-corrected chi connectivity index (χ4v) is 1.41. The van der Waals surface area contributed by atoms with Crippen molar-refractivity contribution in [3.05, 3.63) is 35.7 Å². The molecule has 0 radical (unpaired) electrons. The molecule has 17 heavy (non-hydrogen) atoms. The summed E-state index contributed by atoms with van der Waals surface area (Å²) in [7, 11) is 5.38. The molecule has 0 atom stereocenters. The van der Waals surface area contributed by atoms with Crippen molar-refractivity contribution >= 4 is 6.01 Å². The van der Waals surface area contributed by atoms with Gasteiger partial charge in [0, 0.05) is 14.1 Å². The number of rotatable bonds is 4. The molecule has 0 spiro atoms. The third-order valence-corrected chi connectivity index (χ3v) is 2.35. The molecule has 0 saturated heterocycles. The first-order valence-electron chi connectivity index (χ1n) is 5.31. The van der Waals surface area contributed by atoms with Crippen LogP contribution in [-0.2, 0) is 6.42 Å². The quantitative estimate of drug-likeness (QED) is 0.805. The van der Waals surface area contributed by atoms with Gasteiger partial charge in [0.05, 0.1) is 13.5 Å². The largest absolute Gasteiger partial charge is 0.497 e. The van der Waals surface area contributed by atoms with Gasteiger partial charge in [0.1, 0.15) is 5.75 Å². The highest BCUT2D eigenvalue weighted by Gasteiger charge is 2.08. The average Bonchev–Trinajstić information content (AvgIpc) is 2.79. The van der Waals surface area contributed by atoms with Gasteiger partial charge in [-0.05, 0) is 17.7 Å². The van der Waals surface area contributed by atoms with Crippen LogP contribution in [0.1, 0.15) is 11.5 Å². The molecule has 0 aliphatic heterocycles. The highest BCUT2D eigenvalue weighted by Crippen LogP contribution is 2.16. The highest BCUT2D eigenvalue weighted by molar-refractivity contribution is 5.29. The van der Waals surface area contributed by atoms with E-state index in [0.717, 1.165) is 11.3 Å². The number of ether oxygens (including phenoxy) is 1. The van der Waals surface area contributed by atoms with E-state index in [0.29, 0.717) is 18.3 Å². The van der Waals surface area contributed by atoms with E-state index >= 15 is 0 Å². The second kappa shape index (κ2) is 4.86. The Morgan fingerprint density at radius 1 is 1.18 bits per heavy atom. The Balaban J connectivity index is 2.08. The summed E-state index contributed by atoms with van der Waals surface area (Å²) >= 11 is 0. The van der Waals surface area contributed by atoms with Gasteiger partial charge in [-0.3, -0.25) is 0 Å². The molecular formula is C12H15N3O2. The van der Waals surface area contributed by atoms with E-state index in [9.17, 15) is 0 Å². The number of anilines is 1. The summed E-state index contributed by atoms with van der Waals surface area (Å²) in [5.41, 5.74) is 1.11. The van der Waals surface area contributed by atoms with Crippen LogP contribution in [0, 0.1) is 0 Å². The van der Waals surface area contributed by atoms with E-state index in [1.54, 1.807) is 12.0 Å². The SMILES string of the molecule is COc1ccc(Cc2nnc(N(C)C)o2)cc1. The van der Waals surface area contributed by atoms with Gasteiger partial charge in [0.25, 0.3) is 0 Å². The smallest absolute Gasteiger partial charge is 0.317 e. The standard InChI is InChI=1S/C12H15N3O2/c1-15(2)12-14-13-11(17-12)8-9-4-6-10(16-3)7-5-9/h4-7H,8H2,1-3H3. The Hall–Kier alpha value is -2.04. The van der Waals surface area contributed by atoms with Gasteiger partial charge >= 0.3 is 6.01 Å². The number of aromatic nitrogens is 2. The Kier molecular flexibility index (Phi) is 3.27. The van der Waals surface area contributed by atoms with Crippen LogP contribution in [0.4, 0.5) is 6.01 Å². The summed E-state index contributed by atoms with van der Waals surface area (Å²) in [6, 6.07) is 8.32. The molecule has 1 aromatic carbocycles. The lowest BCUT2D eigenvalue weighted by Gasteiger charge is -2.03. The Labute approximate surface area is 100 Å². The van der Waals surface area contributed by atoms with Gasteiger partial charge in [0.15, 0.2) is 0 Å². The number of benzene rings is 1. The summed E-state index contributed by atoms with van der Waals surface area (Å²) in [4.78, 5) is 1.78. The number of hydrogen-bond donors (Lipinski definition) is 0. The maximum atomic E-state index is 5.48. The minimum absolute atomic E-state index is 0.522. The normalized spacial score (nSPS) is 10.3. The topological polar surface area (TPSA) is 51.4 Å². The molecule has 0 saturated carbocycles. The van der Waals surface area contributed by atoms with Gasteiger partial charge in [-0.15, -0.1) is 5.10 Å². The third kappa shape index (κ3) is 2.75. The van der Waals surface area contributed by atoms with Gasteiger partial charge in [-0.2, -0.15) is 0 Å². The van der Waals surface area contributed by atoms with Crippen LogP contribution in [0.3, 0.4) is 0 Å². The van der Waals surface area contributed by atoms with Crippen molar-refractivity contribution in [3.8, 4) is 5.75 Å². The zero-order valence-corrected chi connectivity index (χ0v) is 10.2. The summed E-state index contributed by atoms with van der Waals surface area (Å²) in [6.45, 7) is 0. The molecule has 5 heteroatoms. The van der Waals surface area contributed by atoms with E-state index in [4.69, 9.17) is 9.15 Å². The lowest BCUT2D eigenvalue weighted by molar-refractivity contribution is 0.414.